The maximum absolute atomic E-state index is 14.5. The Balaban J connectivity index is 1.83. The van der Waals surface area contributed by atoms with Crippen LogP contribution in [0.3, 0.4) is 0 Å². The SMILES string of the molecule is CCCNC(=O)C(Cc1ccccc1)N(Cc1ccccc1C)C(=O)CN(c1cccc([N+](=O)[O-])c1)S(=O)(=O)c1ccccc1. The molecule has 1 N–H and O–H groups in total. The molecule has 4 rings (SSSR count). The number of nitro benzene ring substituents is 1. The Morgan fingerprint density at radius 1 is 0.889 bits per heavy atom. The van der Waals surface area contributed by atoms with Crippen LogP contribution in [0, 0.1) is 17.0 Å². The minimum absolute atomic E-state index is 0.0384. The molecule has 0 radical (unpaired) electrons. The molecular weight excluding hydrogens is 592 g/mol. The van der Waals surface area contributed by atoms with Crippen molar-refractivity contribution in [2.45, 2.75) is 44.2 Å². The number of nitrogens with zero attached hydrogens (tertiary/aromatic N) is 3. The first-order chi connectivity index (χ1) is 21.6. The van der Waals surface area contributed by atoms with Crippen LogP contribution in [0.1, 0.15) is 30.0 Å². The van der Waals surface area contributed by atoms with Gasteiger partial charge in [0.2, 0.25) is 11.8 Å². The third-order valence-electron chi connectivity index (χ3n) is 7.36. The topological polar surface area (TPSA) is 130 Å². The van der Waals surface area contributed by atoms with Crippen molar-refractivity contribution in [1.29, 1.82) is 0 Å². The van der Waals surface area contributed by atoms with Gasteiger partial charge in [-0.25, -0.2) is 8.42 Å². The van der Waals surface area contributed by atoms with Crippen molar-refractivity contribution in [1.82, 2.24) is 10.2 Å². The molecule has 45 heavy (non-hydrogen) atoms. The van der Waals surface area contributed by atoms with Crippen LogP contribution in [0.25, 0.3) is 0 Å². The van der Waals surface area contributed by atoms with E-state index in [1.165, 1.54) is 35.2 Å². The van der Waals surface area contributed by atoms with E-state index in [-0.39, 0.29) is 35.1 Å². The maximum Gasteiger partial charge on any atom is 0.271 e. The highest BCUT2D eigenvalue weighted by molar-refractivity contribution is 7.92. The number of benzene rings is 4. The highest BCUT2D eigenvalue weighted by Gasteiger charge is 2.35. The minimum Gasteiger partial charge on any atom is -0.354 e. The van der Waals surface area contributed by atoms with Crippen molar-refractivity contribution in [3.63, 3.8) is 0 Å². The average molecular weight is 629 g/mol. The summed E-state index contributed by atoms with van der Waals surface area (Å²) in [4.78, 5) is 40.5. The van der Waals surface area contributed by atoms with Crippen LogP contribution in [-0.4, -0.2) is 49.2 Å². The van der Waals surface area contributed by atoms with Crippen LogP contribution < -0.4 is 9.62 Å². The zero-order valence-electron chi connectivity index (χ0n) is 25.2. The van der Waals surface area contributed by atoms with E-state index in [0.717, 1.165) is 27.1 Å². The molecule has 1 atom stereocenters. The van der Waals surface area contributed by atoms with Crippen LogP contribution in [0.4, 0.5) is 11.4 Å². The number of nitro groups is 1. The maximum atomic E-state index is 14.5. The second kappa shape index (κ2) is 15.1. The van der Waals surface area contributed by atoms with Crippen LogP contribution in [-0.2, 0) is 32.6 Å². The van der Waals surface area contributed by atoms with Gasteiger partial charge in [-0.05, 0) is 48.2 Å². The molecule has 0 fully saturated rings. The largest absolute Gasteiger partial charge is 0.354 e. The number of carbonyl (C=O) groups excluding carboxylic acids is 2. The molecule has 0 aromatic heterocycles. The van der Waals surface area contributed by atoms with E-state index in [2.05, 4.69) is 5.32 Å². The monoisotopic (exact) mass is 628 g/mol. The number of hydrogen-bond donors (Lipinski definition) is 1. The van der Waals surface area contributed by atoms with E-state index >= 15 is 0 Å². The molecule has 1 unspecified atom stereocenters. The first-order valence-corrected chi connectivity index (χ1v) is 16.0. The van der Waals surface area contributed by atoms with E-state index in [1.807, 2.05) is 68.4 Å². The first kappa shape index (κ1) is 32.9. The third kappa shape index (κ3) is 8.33. The lowest BCUT2D eigenvalue weighted by molar-refractivity contribution is -0.384. The smallest absolute Gasteiger partial charge is 0.271 e. The highest BCUT2D eigenvalue weighted by atomic mass is 32.2. The van der Waals surface area contributed by atoms with Gasteiger partial charge in [0, 0.05) is 31.6 Å². The van der Waals surface area contributed by atoms with Crippen molar-refractivity contribution < 1.29 is 22.9 Å². The van der Waals surface area contributed by atoms with Crippen molar-refractivity contribution >= 4 is 33.2 Å². The van der Waals surface area contributed by atoms with Crippen LogP contribution in [0.2, 0.25) is 0 Å². The number of sulfonamides is 1. The number of non-ortho nitro benzene ring substituents is 1. The van der Waals surface area contributed by atoms with Crippen LogP contribution in [0.5, 0.6) is 0 Å². The number of hydrogen-bond acceptors (Lipinski definition) is 6. The summed E-state index contributed by atoms with van der Waals surface area (Å²) < 4.78 is 28.9. The molecule has 234 valence electrons. The molecule has 11 heteroatoms. The Labute approximate surface area is 263 Å². The van der Waals surface area contributed by atoms with Crippen LogP contribution in [0.15, 0.2) is 114 Å². The fraction of sp³-hybridized carbons (Fsp3) is 0.235. The van der Waals surface area contributed by atoms with Gasteiger partial charge in [0.05, 0.1) is 15.5 Å². The molecule has 4 aromatic rings. The fourth-order valence-electron chi connectivity index (χ4n) is 4.90. The molecule has 10 nitrogen and oxygen atoms in total. The van der Waals surface area contributed by atoms with Gasteiger partial charge in [0.15, 0.2) is 0 Å². The van der Waals surface area contributed by atoms with Gasteiger partial charge in [0.25, 0.3) is 15.7 Å². The summed E-state index contributed by atoms with van der Waals surface area (Å²) in [5, 5.41) is 14.5. The van der Waals surface area contributed by atoms with Gasteiger partial charge in [-0.15, -0.1) is 0 Å². The molecule has 4 aromatic carbocycles. The van der Waals surface area contributed by atoms with Crippen molar-refractivity contribution in [2.75, 3.05) is 17.4 Å². The summed E-state index contributed by atoms with van der Waals surface area (Å²) >= 11 is 0. The second-order valence-corrected chi connectivity index (χ2v) is 12.4. The molecule has 0 spiro atoms. The minimum atomic E-state index is -4.36. The predicted molar refractivity (Wildman–Crippen MR) is 173 cm³/mol. The summed E-state index contributed by atoms with van der Waals surface area (Å²) in [6, 6.07) is 28.5. The molecule has 0 aliphatic rings. The fourth-order valence-corrected chi connectivity index (χ4v) is 6.33. The molecule has 0 saturated carbocycles. The van der Waals surface area contributed by atoms with Gasteiger partial charge in [-0.2, -0.15) is 0 Å². The lowest BCUT2D eigenvalue weighted by Crippen LogP contribution is -2.53. The van der Waals surface area contributed by atoms with Gasteiger partial charge < -0.3 is 10.2 Å². The normalized spacial score (nSPS) is 11.8. The second-order valence-electron chi connectivity index (χ2n) is 10.5. The molecule has 0 aliphatic carbocycles. The van der Waals surface area contributed by atoms with Gasteiger partial charge in [0.1, 0.15) is 12.6 Å². The number of rotatable bonds is 14. The van der Waals surface area contributed by atoms with E-state index in [1.54, 1.807) is 18.2 Å². The molecule has 0 heterocycles. The van der Waals surface area contributed by atoms with Crippen molar-refractivity contribution in [2.24, 2.45) is 0 Å². The van der Waals surface area contributed by atoms with E-state index in [4.69, 9.17) is 0 Å². The van der Waals surface area contributed by atoms with E-state index in [0.29, 0.717) is 13.0 Å². The third-order valence-corrected chi connectivity index (χ3v) is 9.15. The highest BCUT2D eigenvalue weighted by Crippen LogP contribution is 2.28. The zero-order chi connectivity index (χ0) is 32.4. The number of anilines is 1. The van der Waals surface area contributed by atoms with E-state index in [9.17, 15) is 28.1 Å². The lowest BCUT2D eigenvalue weighted by Gasteiger charge is -2.34. The Morgan fingerprint density at radius 2 is 1.53 bits per heavy atom. The standard InChI is InChI=1S/C34H36N4O6S/c1-3-21-35-34(40)32(22-27-14-6-4-7-15-27)36(24-28-16-11-10-13-26(28)2)33(39)25-37(29-17-12-18-30(23-29)38(41)42)45(43,44)31-19-8-5-9-20-31/h4-20,23,32H,3,21-22,24-25H2,1-2H3,(H,35,40). The molecule has 0 saturated heterocycles. The Morgan fingerprint density at radius 3 is 2.18 bits per heavy atom. The van der Waals surface area contributed by atoms with E-state index < -0.39 is 33.4 Å². The van der Waals surface area contributed by atoms with Crippen molar-refractivity contribution in [3.8, 4) is 0 Å². The Hall–Kier alpha value is -5.03. The molecule has 0 aliphatic heterocycles. The molecule has 0 bridgehead atoms. The summed E-state index contributed by atoms with van der Waals surface area (Å²) in [7, 11) is -4.36. The predicted octanol–water partition coefficient (Wildman–Crippen LogP) is 5.26. The first-order valence-electron chi connectivity index (χ1n) is 14.6. The zero-order valence-corrected chi connectivity index (χ0v) is 26.0. The van der Waals surface area contributed by atoms with Gasteiger partial charge >= 0.3 is 0 Å². The quantitative estimate of drug-likeness (QED) is 0.150. The Kier molecular flexibility index (Phi) is 11.0. The lowest BCUT2D eigenvalue weighted by atomic mass is 10.0. The van der Waals surface area contributed by atoms with Gasteiger partial charge in [-0.3, -0.25) is 24.0 Å². The van der Waals surface area contributed by atoms with Gasteiger partial charge in [-0.1, -0.05) is 85.8 Å². The molecular formula is C34H36N4O6S. The summed E-state index contributed by atoms with van der Waals surface area (Å²) in [6.07, 6.45) is 0.877. The molecule has 2 amide bonds. The summed E-state index contributed by atoms with van der Waals surface area (Å²) in [6.45, 7) is 3.57. The number of aryl methyl sites for hydroxylation is 1. The van der Waals surface area contributed by atoms with Crippen LogP contribution >= 0.6 is 0 Å². The summed E-state index contributed by atoms with van der Waals surface area (Å²) in [5.74, 6) is -1.01. The number of carbonyl (C=O) groups is 2. The number of nitrogens with one attached hydrogen (secondary N) is 1. The number of amides is 2. The Bertz CT molecular complexity index is 1730. The average Bonchev–Trinajstić information content (AvgIpc) is 3.05. The summed E-state index contributed by atoms with van der Waals surface area (Å²) in [5.41, 5.74) is 2.14. The van der Waals surface area contributed by atoms with Crippen molar-refractivity contribution in [3.05, 3.63) is 136 Å².